The van der Waals surface area contributed by atoms with Crippen LogP contribution in [0.5, 0.6) is 0 Å². The molecule has 102 valence electrons. The summed E-state index contributed by atoms with van der Waals surface area (Å²) in [5.41, 5.74) is 9.66. The van der Waals surface area contributed by atoms with Crippen molar-refractivity contribution < 1.29 is 4.74 Å². The first-order valence-electron chi connectivity index (χ1n) is 7.15. The Labute approximate surface area is 110 Å². The van der Waals surface area contributed by atoms with E-state index in [2.05, 4.69) is 18.5 Å². The van der Waals surface area contributed by atoms with E-state index < -0.39 is 0 Å². The van der Waals surface area contributed by atoms with Gasteiger partial charge in [-0.05, 0) is 31.6 Å². The van der Waals surface area contributed by atoms with Crippen LogP contribution in [0.4, 0.5) is 0 Å². The van der Waals surface area contributed by atoms with Crippen LogP contribution >= 0.6 is 0 Å². The van der Waals surface area contributed by atoms with Crippen LogP contribution < -0.4 is 5.73 Å². The van der Waals surface area contributed by atoms with E-state index in [4.69, 9.17) is 15.6 Å². The fourth-order valence-electron chi connectivity index (χ4n) is 2.83. The average molecular weight is 251 g/mol. The largest absolute Gasteiger partial charge is 0.381 e. The normalized spacial score (nSPS) is 17.3. The summed E-state index contributed by atoms with van der Waals surface area (Å²) in [5, 5.41) is 4.76. The van der Waals surface area contributed by atoms with E-state index in [0.29, 0.717) is 12.5 Å². The summed E-state index contributed by atoms with van der Waals surface area (Å²) in [6.45, 7) is 7.78. The number of aryl methyl sites for hydroxylation is 1. The van der Waals surface area contributed by atoms with E-state index in [9.17, 15) is 0 Å². The van der Waals surface area contributed by atoms with Crippen molar-refractivity contribution in [2.45, 2.75) is 52.6 Å². The van der Waals surface area contributed by atoms with Crippen LogP contribution in [0.25, 0.3) is 0 Å². The average Bonchev–Trinajstić information content (AvgIpc) is 2.76. The van der Waals surface area contributed by atoms with Crippen molar-refractivity contribution in [2.24, 2.45) is 11.7 Å². The van der Waals surface area contributed by atoms with Gasteiger partial charge in [0.05, 0.1) is 5.69 Å². The first-order chi connectivity index (χ1) is 8.80. The minimum absolute atomic E-state index is 0.611. The third-order valence-electron chi connectivity index (χ3n) is 3.90. The van der Waals surface area contributed by atoms with Gasteiger partial charge in [0.15, 0.2) is 0 Å². The highest BCUT2D eigenvalue weighted by atomic mass is 16.5. The topological polar surface area (TPSA) is 53.1 Å². The second-order valence-corrected chi connectivity index (χ2v) is 5.02. The molecule has 0 unspecified atom stereocenters. The Kier molecular flexibility index (Phi) is 4.78. The number of hydrogen-bond donors (Lipinski definition) is 1. The third kappa shape index (κ3) is 2.75. The summed E-state index contributed by atoms with van der Waals surface area (Å²) in [6.07, 6.45) is 4.30. The zero-order valence-corrected chi connectivity index (χ0v) is 11.6. The number of ether oxygens (including phenoxy) is 1. The number of hydrogen-bond acceptors (Lipinski definition) is 3. The van der Waals surface area contributed by atoms with Gasteiger partial charge in [-0.2, -0.15) is 5.10 Å². The van der Waals surface area contributed by atoms with E-state index in [1.54, 1.807) is 0 Å². The molecule has 2 rings (SSSR count). The Morgan fingerprint density at radius 3 is 2.56 bits per heavy atom. The third-order valence-corrected chi connectivity index (χ3v) is 3.90. The standard InChI is InChI=1S/C14H25N3O/c1-3-13-12(9-15)14(4-2)17(16-13)10-11-5-7-18-8-6-11/h11H,3-10,15H2,1-2H3. The molecule has 0 aliphatic carbocycles. The molecule has 4 heteroatoms. The summed E-state index contributed by atoms with van der Waals surface area (Å²) in [7, 11) is 0. The Bertz CT molecular complexity index is 381. The lowest BCUT2D eigenvalue weighted by atomic mass is 10.0. The molecule has 0 atom stereocenters. The Hall–Kier alpha value is -0.870. The smallest absolute Gasteiger partial charge is 0.0669 e. The van der Waals surface area contributed by atoms with Gasteiger partial charge in [0, 0.05) is 37.6 Å². The zero-order valence-electron chi connectivity index (χ0n) is 11.6. The van der Waals surface area contributed by atoms with Crippen LogP contribution in [-0.2, 0) is 30.7 Å². The molecular formula is C14H25N3O. The van der Waals surface area contributed by atoms with Crippen LogP contribution in [0.15, 0.2) is 0 Å². The summed E-state index contributed by atoms with van der Waals surface area (Å²) in [4.78, 5) is 0. The molecule has 0 spiro atoms. The first-order valence-corrected chi connectivity index (χ1v) is 7.15. The van der Waals surface area contributed by atoms with Gasteiger partial charge in [-0.1, -0.05) is 13.8 Å². The maximum atomic E-state index is 5.88. The van der Waals surface area contributed by atoms with Crippen molar-refractivity contribution in [3.05, 3.63) is 17.0 Å². The van der Waals surface area contributed by atoms with Crippen molar-refractivity contribution in [1.29, 1.82) is 0 Å². The maximum absolute atomic E-state index is 5.88. The van der Waals surface area contributed by atoms with E-state index in [1.165, 1.54) is 17.0 Å². The summed E-state index contributed by atoms with van der Waals surface area (Å²) < 4.78 is 7.62. The molecule has 2 heterocycles. The molecule has 1 saturated heterocycles. The second-order valence-electron chi connectivity index (χ2n) is 5.02. The molecule has 1 aliphatic heterocycles. The quantitative estimate of drug-likeness (QED) is 0.869. The van der Waals surface area contributed by atoms with Gasteiger partial charge in [0.1, 0.15) is 0 Å². The zero-order chi connectivity index (χ0) is 13.0. The minimum Gasteiger partial charge on any atom is -0.381 e. The Balaban J connectivity index is 2.17. The predicted molar refractivity (Wildman–Crippen MR) is 72.4 cm³/mol. The van der Waals surface area contributed by atoms with E-state index in [-0.39, 0.29) is 0 Å². The van der Waals surface area contributed by atoms with Crippen molar-refractivity contribution >= 4 is 0 Å². The molecule has 0 bridgehead atoms. The Morgan fingerprint density at radius 1 is 1.28 bits per heavy atom. The van der Waals surface area contributed by atoms with E-state index >= 15 is 0 Å². The predicted octanol–water partition coefficient (Wildman–Crippen LogP) is 1.89. The van der Waals surface area contributed by atoms with Crippen molar-refractivity contribution in [3.63, 3.8) is 0 Å². The molecule has 0 radical (unpaired) electrons. The molecule has 0 aromatic carbocycles. The van der Waals surface area contributed by atoms with Gasteiger partial charge in [0.25, 0.3) is 0 Å². The van der Waals surface area contributed by atoms with E-state index in [0.717, 1.165) is 45.4 Å². The molecule has 1 fully saturated rings. The first kappa shape index (κ1) is 13.6. The summed E-state index contributed by atoms with van der Waals surface area (Å²) >= 11 is 0. The molecule has 2 N–H and O–H groups in total. The fraction of sp³-hybridized carbons (Fsp3) is 0.786. The summed E-state index contributed by atoms with van der Waals surface area (Å²) in [5.74, 6) is 0.708. The SMILES string of the molecule is CCc1nn(CC2CCOCC2)c(CC)c1CN. The molecule has 0 saturated carbocycles. The van der Waals surface area contributed by atoms with Crippen LogP contribution in [0, 0.1) is 5.92 Å². The van der Waals surface area contributed by atoms with Crippen molar-refractivity contribution in [3.8, 4) is 0 Å². The van der Waals surface area contributed by atoms with Crippen LogP contribution in [0.2, 0.25) is 0 Å². The fourth-order valence-corrected chi connectivity index (χ4v) is 2.83. The van der Waals surface area contributed by atoms with Crippen LogP contribution in [-0.4, -0.2) is 23.0 Å². The number of aromatic nitrogens is 2. The highest BCUT2D eigenvalue weighted by molar-refractivity contribution is 5.26. The van der Waals surface area contributed by atoms with Gasteiger partial charge in [-0.25, -0.2) is 0 Å². The molecule has 0 amide bonds. The second kappa shape index (κ2) is 6.34. The molecular weight excluding hydrogens is 226 g/mol. The van der Waals surface area contributed by atoms with Crippen LogP contribution in [0.1, 0.15) is 43.6 Å². The lowest BCUT2D eigenvalue weighted by Gasteiger charge is -2.22. The van der Waals surface area contributed by atoms with Crippen molar-refractivity contribution in [1.82, 2.24) is 9.78 Å². The summed E-state index contributed by atoms with van der Waals surface area (Å²) in [6, 6.07) is 0. The monoisotopic (exact) mass is 251 g/mol. The molecule has 1 aliphatic rings. The van der Waals surface area contributed by atoms with Crippen LogP contribution in [0.3, 0.4) is 0 Å². The minimum atomic E-state index is 0.611. The molecule has 18 heavy (non-hydrogen) atoms. The number of rotatable bonds is 5. The van der Waals surface area contributed by atoms with Gasteiger partial charge in [-0.15, -0.1) is 0 Å². The highest BCUT2D eigenvalue weighted by Gasteiger charge is 2.19. The lowest BCUT2D eigenvalue weighted by Crippen LogP contribution is -2.22. The lowest BCUT2D eigenvalue weighted by molar-refractivity contribution is 0.0598. The number of nitrogens with zero attached hydrogens (tertiary/aromatic N) is 2. The highest BCUT2D eigenvalue weighted by Crippen LogP contribution is 2.21. The molecule has 4 nitrogen and oxygen atoms in total. The number of nitrogens with two attached hydrogens (primary N) is 1. The molecule has 1 aromatic heterocycles. The Morgan fingerprint density at radius 2 is 2.00 bits per heavy atom. The van der Waals surface area contributed by atoms with Gasteiger partial charge in [-0.3, -0.25) is 4.68 Å². The van der Waals surface area contributed by atoms with Gasteiger partial charge >= 0.3 is 0 Å². The van der Waals surface area contributed by atoms with Crippen molar-refractivity contribution in [2.75, 3.05) is 13.2 Å². The van der Waals surface area contributed by atoms with Gasteiger partial charge < -0.3 is 10.5 Å². The van der Waals surface area contributed by atoms with E-state index in [1.807, 2.05) is 0 Å². The molecule has 1 aromatic rings. The maximum Gasteiger partial charge on any atom is 0.0669 e. The van der Waals surface area contributed by atoms with Gasteiger partial charge in [0.2, 0.25) is 0 Å².